The monoisotopic (exact) mass is 587 g/mol. The number of methoxy groups -OCH3 is 2. The average molecular weight is 588 g/mol. The third kappa shape index (κ3) is 6.19. The van der Waals surface area contributed by atoms with Gasteiger partial charge in [-0.1, -0.05) is 24.2 Å². The van der Waals surface area contributed by atoms with Gasteiger partial charge >= 0.3 is 0 Å². The molecule has 0 atom stereocenters. The van der Waals surface area contributed by atoms with E-state index in [1.165, 1.54) is 0 Å². The van der Waals surface area contributed by atoms with Gasteiger partial charge in [-0.05, 0) is 49.2 Å². The van der Waals surface area contributed by atoms with Gasteiger partial charge in [-0.15, -0.1) is 0 Å². The van der Waals surface area contributed by atoms with Gasteiger partial charge in [-0.25, -0.2) is 13.4 Å². The summed E-state index contributed by atoms with van der Waals surface area (Å²) in [5, 5.41) is 3.94. The summed E-state index contributed by atoms with van der Waals surface area (Å²) in [5.74, 6) is 1.13. The summed E-state index contributed by atoms with van der Waals surface area (Å²) < 4.78 is 39.5. The number of rotatable bonds is 9. The maximum Gasteiger partial charge on any atom is 0.251 e. The van der Waals surface area contributed by atoms with Crippen molar-refractivity contribution in [2.45, 2.75) is 30.6 Å². The lowest BCUT2D eigenvalue weighted by molar-refractivity contribution is 0.0947. The van der Waals surface area contributed by atoms with Gasteiger partial charge in [0.15, 0.2) is 16.6 Å². The molecule has 12 heteroatoms. The van der Waals surface area contributed by atoms with Crippen LogP contribution in [0.2, 0.25) is 0 Å². The number of nitrogens with one attached hydrogen (secondary N) is 1. The number of ether oxygens (including phenoxy) is 2. The van der Waals surface area contributed by atoms with E-state index in [-0.39, 0.29) is 10.8 Å². The molecule has 1 N–H and O–H groups in total. The molecular formula is C28H37N5O5S2. The second-order valence-corrected chi connectivity index (χ2v) is 13.0. The van der Waals surface area contributed by atoms with E-state index < -0.39 is 10.0 Å². The number of sulfonamides is 1. The Morgan fingerprint density at radius 1 is 0.925 bits per heavy atom. The van der Waals surface area contributed by atoms with Crippen LogP contribution in [0.5, 0.6) is 11.5 Å². The zero-order valence-corrected chi connectivity index (χ0v) is 24.7. The molecule has 1 amide bonds. The molecule has 2 aliphatic rings. The first-order chi connectivity index (χ1) is 19.4. The topological polar surface area (TPSA) is 104 Å². The zero-order valence-electron chi connectivity index (χ0n) is 23.1. The van der Waals surface area contributed by atoms with Gasteiger partial charge in [-0.3, -0.25) is 9.69 Å². The van der Waals surface area contributed by atoms with Crippen molar-refractivity contribution in [3.05, 3.63) is 42.0 Å². The second kappa shape index (κ2) is 12.7. The van der Waals surface area contributed by atoms with Crippen molar-refractivity contribution in [1.82, 2.24) is 19.5 Å². The molecule has 0 bridgehead atoms. The maximum absolute atomic E-state index is 13.0. The van der Waals surface area contributed by atoms with Crippen molar-refractivity contribution in [1.29, 1.82) is 0 Å². The molecule has 0 spiro atoms. The summed E-state index contributed by atoms with van der Waals surface area (Å²) in [6, 6.07) is 10.2. The molecule has 0 aliphatic carbocycles. The smallest absolute Gasteiger partial charge is 0.251 e. The largest absolute Gasteiger partial charge is 0.493 e. The SMILES string of the molecule is COc1ccc2sc(N3CCN(CCNC(=O)c4ccc(S(=O)(=O)N5CCCCCC5)cc4)CC3)nc2c1OC. The molecule has 2 aliphatic heterocycles. The van der Waals surface area contributed by atoms with Gasteiger partial charge in [0, 0.05) is 57.9 Å². The van der Waals surface area contributed by atoms with Gasteiger partial charge in [0.2, 0.25) is 10.0 Å². The molecule has 3 aromatic rings. The highest BCUT2D eigenvalue weighted by Gasteiger charge is 2.25. The fourth-order valence-corrected chi connectivity index (χ4v) is 7.77. The van der Waals surface area contributed by atoms with E-state index in [1.807, 2.05) is 12.1 Å². The molecule has 40 heavy (non-hydrogen) atoms. The number of fused-ring (bicyclic) bond motifs is 1. The van der Waals surface area contributed by atoms with Gasteiger partial charge < -0.3 is 19.7 Å². The molecule has 0 saturated carbocycles. The van der Waals surface area contributed by atoms with Gasteiger partial charge in [-0.2, -0.15) is 4.31 Å². The Morgan fingerprint density at radius 3 is 2.27 bits per heavy atom. The van der Waals surface area contributed by atoms with Crippen LogP contribution in [0.4, 0.5) is 5.13 Å². The highest BCUT2D eigenvalue weighted by molar-refractivity contribution is 7.89. The summed E-state index contributed by atoms with van der Waals surface area (Å²) in [6.07, 6.45) is 3.91. The predicted molar refractivity (Wildman–Crippen MR) is 157 cm³/mol. The zero-order chi connectivity index (χ0) is 28.1. The van der Waals surface area contributed by atoms with Crippen LogP contribution in [0.25, 0.3) is 10.2 Å². The highest BCUT2D eigenvalue weighted by Crippen LogP contribution is 2.40. The summed E-state index contributed by atoms with van der Waals surface area (Å²) >= 11 is 1.65. The first kappa shape index (κ1) is 28.6. The lowest BCUT2D eigenvalue weighted by Gasteiger charge is -2.34. The molecular weight excluding hydrogens is 550 g/mol. The van der Waals surface area contributed by atoms with Crippen LogP contribution in [0.1, 0.15) is 36.0 Å². The first-order valence-electron chi connectivity index (χ1n) is 13.8. The Bertz CT molecular complexity index is 1410. The van der Waals surface area contributed by atoms with Crippen molar-refractivity contribution in [3.63, 3.8) is 0 Å². The van der Waals surface area contributed by atoms with Crippen LogP contribution in [0.3, 0.4) is 0 Å². The summed E-state index contributed by atoms with van der Waals surface area (Å²) in [5.41, 5.74) is 1.28. The normalized spacial score (nSPS) is 17.5. The highest BCUT2D eigenvalue weighted by atomic mass is 32.2. The van der Waals surface area contributed by atoms with Gasteiger partial charge in [0.1, 0.15) is 5.52 Å². The minimum atomic E-state index is -3.52. The third-order valence-electron chi connectivity index (χ3n) is 7.57. The molecule has 2 aromatic carbocycles. The van der Waals surface area contributed by atoms with Crippen molar-refractivity contribution in [2.75, 3.05) is 71.5 Å². The van der Waals surface area contributed by atoms with Crippen LogP contribution in [0.15, 0.2) is 41.3 Å². The van der Waals surface area contributed by atoms with Crippen molar-refractivity contribution >= 4 is 42.6 Å². The van der Waals surface area contributed by atoms with E-state index in [0.29, 0.717) is 36.7 Å². The van der Waals surface area contributed by atoms with E-state index in [2.05, 4.69) is 15.1 Å². The molecule has 2 fully saturated rings. The first-order valence-corrected chi connectivity index (χ1v) is 16.0. The minimum absolute atomic E-state index is 0.198. The van der Waals surface area contributed by atoms with Crippen molar-refractivity contribution < 1.29 is 22.7 Å². The molecule has 10 nitrogen and oxygen atoms in total. The molecule has 1 aromatic heterocycles. The van der Waals surface area contributed by atoms with Gasteiger partial charge in [0.25, 0.3) is 5.91 Å². The standard InChI is InChI=1S/C28H37N5O5S2/c1-37-23-11-12-24-25(26(23)38-2)30-28(39-24)32-19-17-31(18-20-32)16-13-29-27(34)21-7-9-22(10-8-21)40(35,36)33-14-5-3-4-6-15-33/h7-12H,3-6,13-20H2,1-2H3,(H,29,34). The Labute approximate surface area is 239 Å². The number of nitrogens with zero attached hydrogens (tertiary/aromatic N) is 4. The number of benzene rings is 2. The summed E-state index contributed by atoms with van der Waals surface area (Å²) in [7, 11) is -0.269. The Kier molecular flexibility index (Phi) is 9.09. The fraction of sp³-hybridized carbons (Fsp3) is 0.500. The lowest BCUT2D eigenvalue weighted by Crippen LogP contribution is -2.48. The van der Waals surface area contributed by atoms with E-state index in [0.717, 1.165) is 73.8 Å². The molecule has 0 unspecified atom stereocenters. The van der Waals surface area contributed by atoms with Crippen LogP contribution in [-0.2, 0) is 10.0 Å². The number of carbonyl (C=O) groups is 1. The van der Waals surface area contributed by atoms with Crippen LogP contribution in [-0.4, -0.2) is 95.1 Å². The summed E-state index contributed by atoms with van der Waals surface area (Å²) in [4.78, 5) is 22.4. The number of hydrogen-bond acceptors (Lipinski definition) is 9. The molecule has 2 saturated heterocycles. The number of hydrogen-bond donors (Lipinski definition) is 1. The molecule has 0 radical (unpaired) electrons. The van der Waals surface area contributed by atoms with Crippen LogP contribution in [0, 0.1) is 0 Å². The Hall–Kier alpha value is -2.93. The Morgan fingerprint density at radius 2 is 1.62 bits per heavy atom. The number of thiazole rings is 1. The summed E-state index contributed by atoms with van der Waals surface area (Å²) in [6.45, 7) is 5.81. The van der Waals surface area contributed by atoms with Crippen molar-refractivity contribution in [3.8, 4) is 11.5 Å². The van der Waals surface area contributed by atoms with E-state index in [4.69, 9.17) is 14.5 Å². The van der Waals surface area contributed by atoms with Crippen molar-refractivity contribution in [2.24, 2.45) is 0 Å². The average Bonchev–Trinajstić information content (AvgIpc) is 3.21. The quantitative estimate of drug-likeness (QED) is 0.406. The molecule has 216 valence electrons. The van der Waals surface area contributed by atoms with Gasteiger partial charge in [0.05, 0.1) is 23.8 Å². The fourth-order valence-electron chi connectivity index (χ4n) is 5.23. The number of aromatic nitrogens is 1. The van der Waals surface area contributed by atoms with Crippen LogP contribution < -0.4 is 19.7 Å². The number of carbonyl (C=O) groups excluding carboxylic acids is 1. The second-order valence-electron chi connectivity index (χ2n) is 10.1. The minimum Gasteiger partial charge on any atom is -0.493 e. The lowest BCUT2D eigenvalue weighted by atomic mass is 10.2. The van der Waals surface area contributed by atoms with E-state index in [9.17, 15) is 13.2 Å². The predicted octanol–water partition coefficient (Wildman–Crippen LogP) is 3.43. The molecule has 3 heterocycles. The van der Waals surface area contributed by atoms with E-state index in [1.54, 1.807) is 54.1 Å². The maximum atomic E-state index is 13.0. The third-order valence-corrected chi connectivity index (χ3v) is 10.6. The number of amides is 1. The van der Waals surface area contributed by atoms with E-state index >= 15 is 0 Å². The Balaban J connectivity index is 1.10. The van der Waals surface area contributed by atoms with Crippen LogP contribution >= 0.6 is 11.3 Å². The number of piperazine rings is 1. The number of anilines is 1. The molecule has 5 rings (SSSR count).